The third-order valence-corrected chi connectivity index (χ3v) is 10.2. The molecule has 18 nitrogen and oxygen atoms in total. The topological polar surface area (TPSA) is 281 Å². The van der Waals surface area contributed by atoms with Crippen LogP contribution in [-0.4, -0.2) is 147 Å². The molecule has 0 unspecified atom stereocenters. The zero-order valence-electron chi connectivity index (χ0n) is 31.4. The van der Waals surface area contributed by atoms with Gasteiger partial charge in [-0.2, -0.15) is 0 Å². The number of aromatic hydroxyl groups is 2. The minimum absolute atomic E-state index is 0.0440. The molecule has 3 aromatic rings. The standard InChI is InChI=1S/C40H44O18/c1-52-23-14-20-12-19(18-5-7-21(8-6-18)55-28(44)9-4-17-10-24(53-2)31(45)25(11-17)54-3)13-22(43)29(20)34(48)30(23)38-39(36(50)33(47)26(15-41)56-38)58-40-37(51)35(49)32(46)27(16-42)57-40/h4-11,13-14,26-27,32-33,35-42,45-51H,12,15-16H2,1-3H3/b9-4+/t26-,27-,32-,33-,35+,36+,37-,38+,39-,40+/m1/s1. The number of fused-ring (bicyclic) bond motifs is 1. The van der Waals surface area contributed by atoms with E-state index in [-0.39, 0.29) is 46.3 Å². The molecule has 0 aromatic heterocycles. The van der Waals surface area contributed by atoms with Crippen molar-refractivity contribution in [2.24, 2.45) is 0 Å². The number of ketones is 1. The number of ether oxygens (including phenoxy) is 7. The fourth-order valence-corrected chi connectivity index (χ4v) is 7.11. The summed E-state index contributed by atoms with van der Waals surface area (Å²) in [5.41, 5.74) is 1.61. The molecule has 2 aliphatic heterocycles. The maximum Gasteiger partial charge on any atom is 0.336 e. The highest BCUT2D eigenvalue weighted by Crippen LogP contribution is 2.48. The Morgan fingerprint density at radius 3 is 1.98 bits per heavy atom. The van der Waals surface area contributed by atoms with Gasteiger partial charge in [-0.1, -0.05) is 12.1 Å². The van der Waals surface area contributed by atoms with Crippen molar-refractivity contribution in [1.82, 2.24) is 0 Å². The Kier molecular flexibility index (Phi) is 13.0. The Hall–Kier alpha value is -5.12. The maximum absolute atomic E-state index is 13.7. The molecule has 2 fully saturated rings. The van der Waals surface area contributed by atoms with Gasteiger partial charge in [-0.3, -0.25) is 4.79 Å². The van der Waals surface area contributed by atoms with Crippen LogP contribution in [0.25, 0.3) is 11.6 Å². The average molecular weight is 813 g/mol. The molecule has 9 N–H and O–H groups in total. The van der Waals surface area contributed by atoms with Crippen molar-refractivity contribution in [2.45, 2.75) is 67.6 Å². The zero-order chi connectivity index (χ0) is 42.0. The minimum atomic E-state index is -1.91. The molecule has 0 radical (unpaired) electrons. The Labute approximate surface area is 330 Å². The highest BCUT2D eigenvalue weighted by atomic mass is 16.7. The van der Waals surface area contributed by atoms with Crippen LogP contribution in [0.5, 0.6) is 34.5 Å². The first-order valence-corrected chi connectivity index (χ1v) is 18.0. The number of methoxy groups -OCH3 is 3. The van der Waals surface area contributed by atoms with E-state index >= 15 is 0 Å². The first kappa shape index (κ1) is 42.5. The summed E-state index contributed by atoms with van der Waals surface area (Å²) in [6, 6.07) is 10.8. The SMILES string of the molecule is COc1cc(/C=C/C(=O)Oc2ccc(C3=CC(=O)c4c(cc(OC)c([C@@H]5O[C@H](CO)[C@@H](O)[C@H](O)[C@H]5O[C@@H]5O[C@H](CO)[C@@H](O)[C@H](O)[C@H]5O)c4O)C3)cc2)cc(OC)c1O. The predicted octanol–water partition coefficient (Wildman–Crippen LogP) is -0.0961. The van der Waals surface area contributed by atoms with Gasteiger partial charge in [0, 0.05) is 6.08 Å². The van der Waals surface area contributed by atoms with Crippen LogP contribution in [0.1, 0.15) is 38.7 Å². The van der Waals surface area contributed by atoms with E-state index in [1.807, 2.05) is 0 Å². The molecular formula is C40H44O18. The average Bonchev–Trinajstić information content (AvgIpc) is 3.22. The summed E-state index contributed by atoms with van der Waals surface area (Å²) < 4.78 is 38.5. The van der Waals surface area contributed by atoms with Gasteiger partial charge in [0.25, 0.3) is 0 Å². The number of phenols is 2. The van der Waals surface area contributed by atoms with E-state index in [9.17, 15) is 55.5 Å². The van der Waals surface area contributed by atoms with E-state index < -0.39 is 91.9 Å². The number of allylic oxidation sites excluding steroid dienone is 2. The minimum Gasteiger partial charge on any atom is -0.507 e. The number of hydrogen-bond acceptors (Lipinski definition) is 18. The number of phenolic OH excluding ortho intramolecular Hbond substituents is 2. The van der Waals surface area contributed by atoms with E-state index in [2.05, 4.69) is 0 Å². The largest absolute Gasteiger partial charge is 0.507 e. The second-order valence-corrected chi connectivity index (χ2v) is 13.7. The lowest BCUT2D eigenvalue weighted by Gasteiger charge is -2.46. The zero-order valence-corrected chi connectivity index (χ0v) is 31.4. The van der Waals surface area contributed by atoms with Crippen molar-refractivity contribution in [1.29, 1.82) is 0 Å². The van der Waals surface area contributed by atoms with Crippen LogP contribution in [0.3, 0.4) is 0 Å². The van der Waals surface area contributed by atoms with Crippen LogP contribution in [0, 0.1) is 0 Å². The fourth-order valence-electron chi connectivity index (χ4n) is 7.11. The highest BCUT2D eigenvalue weighted by molar-refractivity contribution is 6.14. The smallest absolute Gasteiger partial charge is 0.336 e. The Bertz CT molecular complexity index is 2020. The van der Waals surface area contributed by atoms with Crippen molar-refractivity contribution in [3.63, 3.8) is 0 Å². The van der Waals surface area contributed by atoms with Gasteiger partial charge in [0.1, 0.15) is 72.2 Å². The second-order valence-electron chi connectivity index (χ2n) is 13.7. The van der Waals surface area contributed by atoms with E-state index in [1.165, 1.54) is 69.9 Å². The van der Waals surface area contributed by atoms with Crippen LogP contribution in [0.4, 0.5) is 0 Å². The molecule has 3 aliphatic rings. The lowest BCUT2D eigenvalue weighted by molar-refractivity contribution is -0.342. The molecule has 58 heavy (non-hydrogen) atoms. The Morgan fingerprint density at radius 1 is 0.776 bits per heavy atom. The summed E-state index contributed by atoms with van der Waals surface area (Å²) in [4.78, 5) is 26.3. The first-order chi connectivity index (χ1) is 27.7. The van der Waals surface area contributed by atoms with Crippen LogP contribution in [-0.2, 0) is 25.4 Å². The van der Waals surface area contributed by atoms with Crippen LogP contribution >= 0.6 is 0 Å². The molecule has 0 amide bonds. The number of carbonyl (C=O) groups is 2. The molecule has 1 aliphatic carbocycles. The molecular weight excluding hydrogens is 768 g/mol. The number of rotatable bonds is 12. The predicted molar refractivity (Wildman–Crippen MR) is 198 cm³/mol. The van der Waals surface area contributed by atoms with Gasteiger partial charge >= 0.3 is 5.97 Å². The molecule has 0 saturated carbocycles. The molecule has 0 spiro atoms. The number of carbonyl (C=O) groups excluding carboxylic acids is 2. The number of aliphatic hydroxyl groups is 7. The fraction of sp³-hybridized carbons (Fsp3) is 0.400. The summed E-state index contributed by atoms with van der Waals surface area (Å²) in [5, 5.41) is 94.6. The van der Waals surface area contributed by atoms with Crippen LogP contribution in [0.15, 0.2) is 54.6 Å². The molecule has 2 heterocycles. The third kappa shape index (κ3) is 8.25. The normalized spacial score (nSPS) is 28.4. The van der Waals surface area contributed by atoms with Crippen molar-refractivity contribution in [3.05, 3.63) is 82.4 Å². The third-order valence-electron chi connectivity index (χ3n) is 10.2. The van der Waals surface area contributed by atoms with E-state index in [4.69, 9.17) is 33.2 Å². The molecule has 18 heteroatoms. The molecule has 0 bridgehead atoms. The van der Waals surface area contributed by atoms with Gasteiger partial charge in [-0.15, -0.1) is 0 Å². The number of hydrogen-bond donors (Lipinski definition) is 9. The summed E-state index contributed by atoms with van der Waals surface area (Å²) in [6.07, 6.45) is -13.0. The van der Waals surface area contributed by atoms with Crippen molar-refractivity contribution < 1.29 is 88.7 Å². The molecule has 10 atom stereocenters. The molecule has 312 valence electrons. The first-order valence-electron chi connectivity index (χ1n) is 18.0. The molecule has 2 saturated heterocycles. The number of aliphatic hydroxyl groups excluding tert-OH is 7. The van der Waals surface area contributed by atoms with Crippen molar-refractivity contribution in [3.8, 4) is 34.5 Å². The van der Waals surface area contributed by atoms with Gasteiger partial charge < -0.3 is 79.1 Å². The van der Waals surface area contributed by atoms with Gasteiger partial charge in [-0.25, -0.2) is 4.79 Å². The van der Waals surface area contributed by atoms with Gasteiger partial charge in [0.05, 0.1) is 45.7 Å². The van der Waals surface area contributed by atoms with E-state index in [1.54, 1.807) is 12.1 Å². The number of benzene rings is 3. The lowest BCUT2D eigenvalue weighted by Crippen LogP contribution is -2.62. The quantitative estimate of drug-likeness (QED) is 0.0656. The van der Waals surface area contributed by atoms with Gasteiger partial charge in [0.2, 0.25) is 5.75 Å². The summed E-state index contributed by atoms with van der Waals surface area (Å²) in [5.74, 6) is -1.67. The van der Waals surface area contributed by atoms with E-state index in [0.29, 0.717) is 22.3 Å². The van der Waals surface area contributed by atoms with Crippen molar-refractivity contribution >= 4 is 23.4 Å². The van der Waals surface area contributed by atoms with Gasteiger partial charge in [0.15, 0.2) is 23.6 Å². The molecule has 6 rings (SSSR count). The van der Waals surface area contributed by atoms with E-state index in [0.717, 1.165) is 0 Å². The van der Waals surface area contributed by atoms with Crippen LogP contribution < -0.4 is 18.9 Å². The Morgan fingerprint density at radius 2 is 1.38 bits per heavy atom. The second kappa shape index (κ2) is 17.8. The Balaban J connectivity index is 1.23. The summed E-state index contributed by atoms with van der Waals surface area (Å²) in [6.45, 7) is -1.57. The summed E-state index contributed by atoms with van der Waals surface area (Å²) >= 11 is 0. The van der Waals surface area contributed by atoms with Crippen LogP contribution in [0.2, 0.25) is 0 Å². The van der Waals surface area contributed by atoms with Gasteiger partial charge in [-0.05, 0) is 71.2 Å². The van der Waals surface area contributed by atoms with Crippen molar-refractivity contribution in [2.75, 3.05) is 34.5 Å². The highest BCUT2D eigenvalue weighted by Gasteiger charge is 2.52. The number of esters is 1. The lowest BCUT2D eigenvalue weighted by atomic mass is 9.82. The molecule has 3 aromatic carbocycles. The maximum atomic E-state index is 13.7. The monoisotopic (exact) mass is 812 g/mol. The summed E-state index contributed by atoms with van der Waals surface area (Å²) in [7, 11) is 4.02.